The summed E-state index contributed by atoms with van der Waals surface area (Å²) in [7, 11) is 0. The average Bonchev–Trinajstić information content (AvgIpc) is 2.65. The highest BCUT2D eigenvalue weighted by molar-refractivity contribution is 7.18. The molecule has 0 saturated carbocycles. The van der Waals surface area contributed by atoms with Crippen LogP contribution in [-0.2, 0) is 6.54 Å². The topological polar surface area (TPSA) is 67.1 Å². The van der Waals surface area contributed by atoms with E-state index in [-0.39, 0.29) is 0 Å². The molecule has 3 rings (SSSR count). The quantitative estimate of drug-likeness (QED) is 0.881. The van der Waals surface area contributed by atoms with Crippen LogP contribution in [0.25, 0.3) is 10.2 Å². The summed E-state index contributed by atoms with van der Waals surface area (Å²) in [6.45, 7) is 10.3. The number of nitrogen functional groups attached to an aromatic ring is 1. The summed E-state index contributed by atoms with van der Waals surface area (Å²) in [6.07, 6.45) is 0. The highest BCUT2D eigenvalue weighted by Crippen LogP contribution is 2.31. The summed E-state index contributed by atoms with van der Waals surface area (Å²) >= 11 is 1.71. The fourth-order valence-electron chi connectivity index (χ4n) is 2.75. The summed E-state index contributed by atoms with van der Waals surface area (Å²) in [4.78, 5) is 13.9. The monoisotopic (exact) mass is 291 g/mol. The molecule has 2 aromatic heterocycles. The normalized spacial score (nSPS) is 20.6. The number of fused-ring (bicyclic) bond motifs is 1. The lowest BCUT2D eigenvalue weighted by atomic mass is 10.2. The molecule has 108 valence electrons. The number of rotatable bonds is 2. The molecule has 0 aromatic carbocycles. The van der Waals surface area contributed by atoms with Gasteiger partial charge in [-0.05, 0) is 26.3 Å². The molecule has 0 spiro atoms. The van der Waals surface area contributed by atoms with Crippen LogP contribution in [-0.4, -0.2) is 40.5 Å². The second-order valence-electron chi connectivity index (χ2n) is 5.58. The van der Waals surface area contributed by atoms with E-state index < -0.39 is 0 Å². The molecule has 0 amide bonds. The Morgan fingerprint density at radius 2 is 2.20 bits per heavy atom. The SMILES string of the molecule is Cc1sc2nc(CN3CCN[C@H](C)C3)nc(N)c2c1C. The van der Waals surface area contributed by atoms with Gasteiger partial charge in [0.25, 0.3) is 0 Å². The predicted molar refractivity (Wildman–Crippen MR) is 84.0 cm³/mol. The number of piperazine rings is 1. The highest BCUT2D eigenvalue weighted by atomic mass is 32.1. The number of nitrogens with zero attached hydrogens (tertiary/aromatic N) is 3. The second-order valence-corrected chi connectivity index (χ2v) is 6.78. The van der Waals surface area contributed by atoms with Crippen molar-refractivity contribution in [2.75, 3.05) is 25.4 Å². The van der Waals surface area contributed by atoms with Crippen molar-refractivity contribution in [2.45, 2.75) is 33.4 Å². The van der Waals surface area contributed by atoms with Gasteiger partial charge in [0.15, 0.2) is 0 Å². The van der Waals surface area contributed by atoms with Crippen LogP contribution in [0.15, 0.2) is 0 Å². The van der Waals surface area contributed by atoms with Crippen LogP contribution >= 0.6 is 11.3 Å². The summed E-state index contributed by atoms with van der Waals surface area (Å²) in [6, 6.07) is 0.524. The second kappa shape index (κ2) is 5.27. The summed E-state index contributed by atoms with van der Waals surface area (Å²) in [5, 5.41) is 4.48. The fourth-order valence-corrected chi connectivity index (χ4v) is 3.81. The first kappa shape index (κ1) is 13.7. The van der Waals surface area contributed by atoms with Crippen LogP contribution in [0.5, 0.6) is 0 Å². The molecule has 2 aromatic rings. The maximum absolute atomic E-state index is 6.13. The van der Waals surface area contributed by atoms with Crippen LogP contribution in [0.1, 0.15) is 23.2 Å². The standard InChI is InChI=1S/C14H21N5S/c1-8-6-19(5-4-16-8)7-11-17-13(15)12-9(2)10(3)20-14(12)18-11/h8,16H,4-7H2,1-3H3,(H2,15,17,18)/t8-/m1/s1. The molecular formula is C14H21N5S. The van der Waals surface area contributed by atoms with Crippen LogP contribution in [0, 0.1) is 13.8 Å². The summed E-state index contributed by atoms with van der Waals surface area (Å²) < 4.78 is 0. The van der Waals surface area contributed by atoms with E-state index >= 15 is 0 Å². The van der Waals surface area contributed by atoms with Gasteiger partial charge >= 0.3 is 0 Å². The third-order valence-electron chi connectivity index (χ3n) is 3.92. The first-order valence-electron chi connectivity index (χ1n) is 7.02. The number of thiophene rings is 1. The maximum atomic E-state index is 6.13. The summed E-state index contributed by atoms with van der Waals surface area (Å²) in [5.41, 5.74) is 7.34. The number of aromatic nitrogens is 2. The minimum absolute atomic E-state index is 0.524. The van der Waals surface area contributed by atoms with Gasteiger partial charge in [-0.2, -0.15) is 0 Å². The van der Waals surface area contributed by atoms with Crippen LogP contribution in [0.4, 0.5) is 5.82 Å². The van der Waals surface area contributed by atoms with Gasteiger partial charge in [-0.1, -0.05) is 0 Å². The number of nitrogens with two attached hydrogens (primary N) is 1. The van der Waals surface area contributed by atoms with Gasteiger partial charge in [0.2, 0.25) is 0 Å². The predicted octanol–water partition coefficient (Wildman–Crippen LogP) is 1.68. The maximum Gasteiger partial charge on any atom is 0.146 e. The third-order valence-corrected chi connectivity index (χ3v) is 5.02. The van der Waals surface area contributed by atoms with Crippen molar-refractivity contribution >= 4 is 27.4 Å². The van der Waals surface area contributed by atoms with Crippen LogP contribution < -0.4 is 11.1 Å². The fraction of sp³-hybridized carbons (Fsp3) is 0.571. The number of anilines is 1. The Labute approximate surface area is 123 Å². The zero-order chi connectivity index (χ0) is 14.3. The molecule has 0 unspecified atom stereocenters. The molecule has 3 heterocycles. The number of nitrogens with one attached hydrogen (secondary N) is 1. The molecule has 1 saturated heterocycles. The number of hydrogen-bond donors (Lipinski definition) is 2. The van der Waals surface area contributed by atoms with E-state index in [1.54, 1.807) is 11.3 Å². The lowest BCUT2D eigenvalue weighted by Crippen LogP contribution is -2.48. The van der Waals surface area contributed by atoms with Gasteiger partial charge in [0, 0.05) is 30.6 Å². The Bertz CT molecular complexity index is 636. The third kappa shape index (κ3) is 2.51. The largest absolute Gasteiger partial charge is 0.383 e. The van der Waals surface area contributed by atoms with E-state index in [9.17, 15) is 0 Å². The average molecular weight is 291 g/mol. The van der Waals surface area contributed by atoms with Crippen molar-refractivity contribution in [3.05, 3.63) is 16.3 Å². The molecule has 0 bridgehead atoms. The van der Waals surface area contributed by atoms with Crippen molar-refractivity contribution in [1.82, 2.24) is 20.2 Å². The van der Waals surface area contributed by atoms with Crippen LogP contribution in [0.2, 0.25) is 0 Å². The Morgan fingerprint density at radius 1 is 1.40 bits per heavy atom. The van der Waals surface area contributed by atoms with E-state index in [2.05, 4.69) is 36.0 Å². The van der Waals surface area contributed by atoms with Crippen molar-refractivity contribution in [1.29, 1.82) is 0 Å². The first-order valence-corrected chi connectivity index (χ1v) is 7.84. The van der Waals surface area contributed by atoms with Gasteiger partial charge in [0.1, 0.15) is 16.5 Å². The van der Waals surface area contributed by atoms with Crippen molar-refractivity contribution in [3.8, 4) is 0 Å². The molecular weight excluding hydrogens is 270 g/mol. The Morgan fingerprint density at radius 3 is 2.95 bits per heavy atom. The first-order chi connectivity index (χ1) is 9.54. The van der Waals surface area contributed by atoms with Crippen LogP contribution in [0.3, 0.4) is 0 Å². The van der Waals surface area contributed by atoms with Gasteiger partial charge < -0.3 is 11.1 Å². The minimum atomic E-state index is 0.524. The molecule has 1 aliphatic rings. The molecule has 20 heavy (non-hydrogen) atoms. The Balaban J connectivity index is 1.89. The smallest absolute Gasteiger partial charge is 0.146 e. The Kier molecular flexibility index (Phi) is 3.62. The van der Waals surface area contributed by atoms with E-state index in [4.69, 9.17) is 10.7 Å². The zero-order valence-electron chi connectivity index (χ0n) is 12.2. The van der Waals surface area contributed by atoms with Crippen molar-refractivity contribution < 1.29 is 0 Å². The van der Waals surface area contributed by atoms with Gasteiger partial charge in [-0.15, -0.1) is 11.3 Å². The van der Waals surface area contributed by atoms with Gasteiger partial charge in [0.05, 0.1) is 11.9 Å². The van der Waals surface area contributed by atoms with Crippen molar-refractivity contribution in [3.63, 3.8) is 0 Å². The molecule has 0 radical (unpaired) electrons. The minimum Gasteiger partial charge on any atom is -0.383 e. The van der Waals surface area contributed by atoms with Gasteiger partial charge in [-0.3, -0.25) is 4.90 Å². The van der Waals surface area contributed by atoms with E-state index in [1.807, 2.05) is 0 Å². The van der Waals surface area contributed by atoms with E-state index in [1.165, 1.54) is 10.4 Å². The number of aryl methyl sites for hydroxylation is 2. The molecule has 1 fully saturated rings. The van der Waals surface area contributed by atoms with Crippen molar-refractivity contribution in [2.24, 2.45) is 0 Å². The molecule has 6 heteroatoms. The molecule has 1 aliphatic heterocycles. The van der Waals surface area contributed by atoms with E-state index in [0.29, 0.717) is 11.9 Å². The molecule has 5 nitrogen and oxygen atoms in total. The molecule has 0 aliphatic carbocycles. The molecule has 1 atom stereocenters. The highest BCUT2D eigenvalue weighted by Gasteiger charge is 2.18. The summed E-state index contributed by atoms with van der Waals surface area (Å²) in [5.74, 6) is 1.46. The molecule has 3 N–H and O–H groups in total. The lowest BCUT2D eigenvalue weighted by Gasteiger charge is -2.31. The zero-order valence-corrected chi connectivity index (χ0v) is 13.0. The van der Waals surface area contributed by atoms with Gasteiger partial charge in [-0.25, -0.2) is 9.97 Å². The number of hydrogen-bond acceptors (Lipinski definition) is 6. The van der Waals surface area contributed by atoms with E-state index in [0.717, 1.165) is 42.2 Å². The lowest BCUT2D eigenvalue weighted by molar-refractivity contribution is 0.196. The Hall–Kier alpha value is -1.24.